The standard InChI is InChI=1S/C19H25N3O2.C2HF3O2/c1-2-8-21-12-15(13-22-9-4-7-20-22)24-19-11-16-14(10-17(19)21)5-3-6-18(16)23;3-2(4,5)1(6)7/h3-7,9,15,17,19,23H,2,8,10-13H2,1H3;(H,6,7)/t15-,17-,19-;/m1./s1. The van der Waals surface area contributed by atoms with Crippen molar-refractivity contribution in [3.05, 3.63) is 47.8 Å². The van der Waals surface area contributed by atoms with Gasteiger partial charge in [0.05, 0.1) is 18.8 Å². The monoisotopic (exact) mass is 441 g/mol. The maximum atomic E-state index is 10.6. The first-order valence-electron chi connectivity index (χ1n) is 10.2. The minimum absolute atomic E-state index is 0.144. The van der Waals surface area contributed by atoms with Crippen molar-refractivity contribution in [1.82, 2.24) is 14.7 Å². The molecule has 0 radical (unpaired) electrons. The zero-order valence-corrected chi connectivity index (χ0v) is 17.1. The Morgan fingerprint density at radius 3 is 2.65 bits per heavy atom. The van der Waals surface area contributed by atoms with Gasteiger partial charge in [0.1, 0.15) is 5.75 Å². The molecular formula is C21H26F3N3O4. The van der Waals surface area contributed by atoms with E-state index in [-0.39, 0.29) is 12.2 Å². The Bertz CT molecular complexity index is 873. The van der Waals surface area contributed by atoms with Gasteiger partial charge in [-0.1, -0.05) is 19.1 Å². The van der Waals surface area contributed by atoms with Gasteiger partial charge in [0.25, 0.3) is 0 Å². The van der Waals surface area contributed by atoms with Gasteiger partial charge >= 0.3 is 12.1 Å². The van der Waals surface area contributed by atoms with Crippen LogP contribution in [0.2, 0.25) is 0 Å². The summed E-state index contributed by atoms with van der Waals surface area (Å²) in [4.78, 5) is 11.5. The van der Waals surface area contributed by atoms with Crippen molar-refractivity contribution in [1.29, 1.82) is 0 Å². The second-order valence-corrected chi connectivity index (χ2v) is 7.71. The van der Waals surface area contributed by atoms with Crippen LogP contribution in [0.25, 0.3) is 0 Å². The van der Waals surface area contributed by atoms with Gasteiger partial charge in [0, 0.05) is 31.4 Å². The number of phenolic OH excluding ortho intramolecular Hbond substituents is 1. The van der Waals surface area contributed by atoms with Crippen LogP contribution in [-0.4, -0.2) is 68.4 Å². The average Bonchev–Trinajstić information content (AvgIpc) is 3.20. The summed E-state index contributed by atoms with van der Waals surface area (Å²) in [6.45, 7) is 5.05. The number of morpholine rings is 1. The van der Waals surface area contributed by atoms with E-state index in [1.807, 2.05) is 29.2 Å². The van der Waals surface area contributed by atoms with Gasteiger partial charge in [0.15, 0.2) is 0 Å². The summed E-state index contributed by atoms with van der Waals surface area (Å²) in [5.74, 6) is -2.35. The molecule has 10 heteroatoms. The summed E-state index contributed by atoms with van der Waals surface area (Å²) >= 11 is 0. The fraction of sp³-hybridized carbons (Fsp3) is 0.524. The summed E-state index contributed by atoms with van der Waals surface area (Å²) in [7, 11) is 0. The topological polar surface area (TPSA) is 87.8 Å². The Balaban J connectivity index is 0.000000339. The van der Waals surface area contributed by atoms with E-state index >= 15 is 0 Å². The van der Waals surface area contributed by atoms with Crippen molar-refractivity contribution in [2.24, 2.45) is 0 Å². The van der Waals surface area contributed by atoms with Crippen molar-refractivity contribution in [3.63, 3.8) is 0 Å². The molecule has 4 rings (SSSR count). The van der Waals surface area contributed by atoms with Crippen molar-refractivity contribution in [3.8, 4) is 5.75 Å². The molecule has 0 bridgehead atoms. The van der Waals surface area contributed by atoms with Crippen molar-refractivity contribution in [2.75, 3.05) is 13.1 Å². The molecule has 1 fully saturated rings. The predicted molar refractivity (Wildman–Crippen MR) is 106 cm³/mol. The lowest BCUT2D eigenvalue weighted by molar-refractivity contribution is -0.192. The molecule has 0 unspecified atom stereocenters. The summed E-state index contributed by atoms with van der Waals surface area (Å²) in [6.07, 6.45) is 1.90. The number of halogens is 3. The molecule has 7 nitrogen and oxygen atoms in total. The first-order chi connectivity index (χ1) is 14.7. The van der Waals surface area contributed by atoms with E-state index in [0.717, 1.165) is 44.5 Å². The summed E-state index contributed by atoms with van der Waals surface area (Å²) in [6, 6.07) is 8.24. The first kappa shape index (κ1) is 23.1. The first-order valence-corrected chi connectivity index (χ1v) is 10.2. The van der Waals surface area contributed by atoms with Crippen LogP contribution in [0.3, 0.4) is 0 Å². The molecule has 2 heterocycles. The predicted octanol–water partition coefficient (Wildman–Crippen LogP) is 2.87. The number of aliphatic carboxylic acids is 1. The number of hydrogen-bond acceptors (Lipinski definition) is 5. The zero-order valence-electron chi connectivity index (χ0n) is 17.1. The maximum Gasteiger partial charge on any atom is 0.490 e. The van der Waals surface area contributed by atoms with Crippen molar-refractivity contribution in [2.45, 2.75) is 57.2 Å². The minimum Gasteiger partial charge on any atom is -0.508 e. The van der Waals surface area contributed by atoms with Gasteiger partial charge in [0.2, 0.25) is 0 Å². The van der Waals surface area contributed by atoms with Crippen molar-refractivity contribution < 1.29 is 32.9 Å². The van der Waals surface area contributed by atoms with Gasteiger partial charge < -0.3 is 14.9 Å². The summed E-state index contributed by atoms with van der Waals surface area (Å²) in [5, 5.41) is 21.6. The Morgan fingerprint density at radius 2 is 2.03 bits per heavy atom. The van der Waals surface area contributed by atoms with Gasteiger partial charge in [-0.25, -0.2) is 4.79 Å². The van der Waals surface area contributed by atoms with E-state index in [2.05, 4.69) is 23.0 Å². The lowest BCUT2D eigenvalue weighted by atomic mass is 9.83. The van der Waals surface area contributed by atoms with E-state index < -0.39 is 12.1 Å². The smallest absolute Gasteiger partial charge is 0.490 e. The average molecular weight is 441 g/mol. The van der Waals surface area contributed by atoms with Crippen LogP contribution in [0.4, 0.5) is 13.2 Å². The number of alkyl halides is 3. The number of hydrogen-bond donors (Lipinski definition) is 2. The fourth-order valence-electron chi connectivity index (χ4n) is 4.19. The van der Waals surface area contributed by atoms with Gasteiger partial charge in [-0.15, -0.1) is 0 Å². The maximum absolute atomic E-state index is 10.6. The van der Waals surface area contributed by atoms with Crippen LogP contribution >= 0.6 is 0 Å². The second-order valence-electron chi connectivity index (χ2n) is 7.71. The lowest BCUT2D eigenvalue weighted by Crippen LogP contribution is -2.58. The van der Waals surface area contributed by atoms with Crippen LogP contribution in [0.15, 0.2) is 36.7 Å². The number of rotatable bonds is 4. The highest BCUT2D eigenvalue weighted by Gasteiger charge is 2.40. The fourth-order valence-corrected chi connectivity index (χ4v) is 4.19. The van der Waals surface area contributed by atoms with E-state index in [4.69, 9.17) is 14.6 Å². The van der Waals surface area contributed by atoms with Crippen LogP contribution < -0.4 is 0 Å². The highest BCUT2D eigenvalue weighted by molar-refractivity contribution is 5.73. The number of phenols is 1. The number of fused-ring (bicyclic) bond motifs is 2. The second kappa shape index (κ2) is 9.69. The third kappa shape index (κ3) is 5.76. The van der Waals surface area contributed by atoms with Crippen molar-refractivity contribution >= 4 is 5.97 Å². The Kier molecular flexibility index (Phi) is 7.22. The largest absolute Gasteiger partial charge is 0.508 e. The number of nitrogens with zero attached hydrogens (tertiary/aromatic N) is 3. The quantitative estimate of drug-likeness (QED) is 0.759. The molecule has 1 aliphatic carbocycles. The number of carboxylic acid groups (broad SMARTS) is 1. The normalized spacial score (nSPS) is 23.3. The number of aromatic hydroxyl groups is 1. The molecule has 31 heavy (non-hydrogen) atoms. The van der Waals surface area contributed by atoms with E-state index in [0.29, 0.717) is 11.8 Å². The highest BCUT2D eigenvalue weighted by Crippen LogP contribution is 2.35. The van der Waals surface area contributed by atoms with Gasteiger partial charge in [-0.3, -0.25) is 9.58 Å². The number of aromatic nitrogens is 2. The molecule has 1 aliphatic heterocycles. The lowest BCUT2D eigenvalue weighted by Gasteiger charge is -2.47. The molecule has 2 aromatic rings. The van der Waals surface area contributed by atoms with E-state index in [1.165, 1.54) is 5.56 Å². The molecule has 1 aromatic heterocycles. The van der Waals surface area contributed by atoms with Crippen LogP contribution in [-0.2, 0) is 28.9 Å². The summed E-state index contributed by atoms with van der Waals surface area (Å²) in [5.41, 5.74) is 2.33. The Morgan fingerprint density at radius 1 is 1.29 bits per heavy atom. The van der Waals surface area contributed by atoms with Crippen LogP contribution in [0.5, 0.6) is 5.75 Å². The zero-order chi connectivity index (χ0) is 22.6. The Hall–Kier alpha value is -2.59. The van der Waals surface area contributed by atoms with Crippen LogP contribution in [0, 0.1) is 0 Å². The molecule has 3 atom stereocenters. The summed E-state index contributed by atoms with van der Waals surface area (Å²) < 4.78 is 40.1. The highest BCUT2D eigenvalue weighted by atomic mass is 19.4. The number of benzene rings is 1. The third-order valence-corrected chi connectivity index (χ3v) is 5.49. The number of carboxylic acids is 1. The third-order valence-electron chi connectivity index (χ3n) is 5.49. The molecule has 0 saturated carbocycles. The van der Waals surface area contributed by atoms with E-state index in [1.54, 1.807) is 6.07 Å². The molecule has 2 N–H and O–H groups in total. The van der Waals surface area contributed by atoms with Gasteiger partial charge in [-0.05, 0) is 42.6 Å². The SMILES string of the molecule is CCCN1C[C@H](Cn2cccn2)O[C@@H]2Cc3c(O)cccc3C[C@H]21.O=C(O)C(F)(F)F. The molecule has 1 aromatic carbocycles. The minimum atomic E-state index is -5.08. The molecule has 1 saturated heterocycles. The Labute approximate surface area is 178 Å². The molecule has 0 amide bonds. The van der Waals surface area contributed by atoms with Crippen LogP contribution in [0.1, 0.15) is 24.5 Å². The molecule has 2 aliphatic rings. The number of ether oxygens (including phenoxy) is 1. The molecular weight excluding hydrogens is 415 g/mol. The van der Waals surface area contributed by atoms with E-state index in [9.17, 15) is 18.3 Å². The molecule has 0 spiro atoms. The number of carbonyl (C=O) groups is 1. The van der Waals surface area contributed by atoms with Gasteiger partial charge in [-0.2, -0.15) is 18.3 Å². The molecule has 170 valence electrons.